The van der Waals surface area contributed by atoms with E-state index < -0.39 is 31.6 Å². The molecule has 35 heavy (non-hydrogen) atoms. The van der Waals surface area contributed by atoms with E-state index in [0.717, 1.165) is 0 Å². The van der Waals surface area contributed by atoms with Gasteiger partial charge in [-0.3, -0.25) is 0 Å². The van der Waals surface area contributed by atoms with E-state index in [1.54, 1.807) is 36.4 Å². The third-order valence-corrected chi connectivity index (χ3v) is 8.66. The van der Waals surface area contributed by atoms with Gasteiger partial charge in [0.1, 0.15) is 0 Å². The molecule has 0 aliphatic rings. The number of esters is 2. The molecule has 0 atom stereocenters. The number of sulfone groups is 2. The van der Waals surface area contributed by atoms with Crippen LogP contribution in [-0.2, 0) is 24.4 Å². The Labute approximate surface area is 202 Å². The fourth-order valence-electron chi connectivity index (χ4n) is 3.21. The second-order valence-corrected chi connectivity index (χ2v) is 11.3. The van der Waals surface area contributed by atoms with Crippen molar-refractivity contribution in [1.29, 1.82) is 0 Å². The van der Waals surface area contributed by atoms with Crippen LogP contribution in [0.25, 0.3) is 0 Å². The summed E-state index contributed by atoms with van der Waals surface area (Å²) < 4.78 is 55.5. The second kappa shape index (κ2) is 9.65. The van der Waals surface area contributed by atoms with E-state index in [1.165, 1.54) is 72.8 Å². The monoisotopic (exact) mass is 506 g/mol. The van der Waals surface area contributed by atoms with Crippen molar-refractivity contribution in [3.8, 4) is 0 Å². The summed E-state index contributed by atoms with van der Waals surface area (Å²) in [6, 6.07) is 25.7. The Morgan fingerprint density at radius 2 is 0.714 bits per heavy atom. The van der Waals surface area contributed by atoms with Crippen molar-refractivity contribution in [3.63, 3.8) is 0 Å². The molecule has 0 bridgehead atoms. The minimum Gasteiger partial charge on any atom is -0.386 e. The zero-order valence-corrected chi connectivity index (χ0v) is 19.7. The molecule has 0 heterocycles. The van der Waals surface area contributed by atoms with Crippen LogP contribution in [0.3, 0.4) is 0 Å². The molecule has 176 valence electrons. The second-order valence-electron chi connectivity index (χ2n) is 7.36. The summed E-state index contributed by atoms with van der Waals surface area (Å²) >= 11 is 0. The van der Waals surface area contributed by atoms with E-state index in [4.69, 9.17) is 4.74 Å². The molecule has 4 aromatic rings. The van der Waals surface area contributed by atoms with E-state index in [-0.39, 0.29) is 30.7 Å². The molecule has 0 spiro atoms. The number of benzene rings is 4. The standard InChI is InChI=1S/C26H18O7S2/c27-25(19-11-15-23(16-12-19)34(29,30)21-7-3-1-4-8-21)33-26(28)20-13-17-24(18-14-20)35(31,32)22-9-5-2-6-10-22/h1-18H. The van der Waals surface area contributed by atoms with Crippen molar-refractivity contribution in [1.82, 2.24) is 0 Å². The highest BCUT2D eigenvalue weighted by molar-refractivity contribution is 7.91. The number of carbonyl (C=O) groups excluding carboxylic acids is 2. The number of rotatable bonds is 6. The summed E-state index contributed by atoms with van der Waals surface area (Å²) in [4.78, 5) is 25.0. The van der Waals surface area contributed by atoms with Crippen molar-refractivity contribution >= 4 is 31.6 Å². The first-order chi connectivity index (χ1) is 16.7. The normalized spacial score (nSPS) is 11.5. The topological polar surface area (TPSA) is 112 Å². The van der Waals surface area contributed by atoms with Gasteiger partial charge in [-0.05, 0) is 72.8 Å². The fraction of sp³-hybridized carbons (Fsp3) is 0. The molecule has 0 saturated heterocycles. The van der Waals surface area contributed by atoms with Crippen LogP contribution in [0.15, 0.2) is 129 Å². The van der Waals surface area contributed by atoms with Gasteiger partial charge >= 0.3 is 11.9 Å². The quantitative estimate of drug-likeness (QED) is 0.282. The lowest BCUT2D eigenvalue weighted by atomic mass is 10.2. The van der Waals surface area contributed by atoms with Crippen molar-refractivity contribution in [2.45, 2.75) is 19.6 Å². The number of ether oxygens (including phenoxy) is 1. The molecule has 0 aromatic heterocycles. The van der Waals surface area contributed by atoms with Gasteiger partial charge < -0.3 is 4.74 Å². The highest BCUT2D eigenvalue weighted by atomic mass is 32.2. The van der Waals surface area contributed by atoms with Crippen LogP contribution in [0, 0.1) is 0 Å². The molecular formula is C26H18O7S2. The molecule has 4 rings (SSSR count). The fourth-order valence-corrected chi connectivity index (χ4v) is 5.78. The summed E-state index contributed by atoms with van der Waals surface area (Å²) in [5.74, 6) is -1.95. The first-order valence-corrected chi connectivity index (χ1v) is 13.2. The Morgan fingerprint density at radius 1 is 0.429 bits per heavy atom. The van der Waals surface area contributed by atoms with Crippen LogP contribution >= 0.6 is 0 Å². The van der Waals surface area contributed by atoms with Gasteiger partial charge in [-0.25, -0.2) is 26.4 Å². The maximum atomic E-state index is 12.7. The van der Waals surface area contributed by atoms with E-state index in [0.29, 0.717) is 0 Å². The molecule has 0 amide bonds. The van der Waals surface area contributed by atoms with Crippen molar-refractivity contribution in [2.24, 2.45) is 0 Å². The Kier molecular flexibility index (Phi) is 6.63. The Balaban J connectivity index is 1.46. The van der Waals surface area contributed by atoms with E-state index >= 15 is 0 Å². The smallest absolute Gasteiger partial charge is 0.346 e. The zero-order valence-electron chi connectivity index (χ0n) is 18.1. The lowest BCUT2D eigenvalue weighted by molar-refractivity contribution is 0.0397. The van der Waals surface area contributed by atoms with Crippen LogP contribution in [0.4, 0.5) is 0 Å². The van der Waals surface area contributed by atoms with E-state index in [2.05, 4.69) is 0 Å². The van der Waals surface area contributed by atoms with E-state index in [1.807, 2.05) is 0 Å². The van der Waals surface area contributed by atoms with Gasteiger partial charge in [-0.1, -0.05) is 36.4 Å². The molecule has 0 N–H and O–H groups in total. The molecule has 0 saturated carbocycles. The third kappa shape index (κ3) is 5.06. The molecule has 0 radical (unpaired) electrons. The molecular weight excluding hydrogens is 488 g/mol. The Hall–Kier alpha value is -4.08. The molecule has 0 aliphatic heterocycles. The maximum absolute atomic E-state index is 12.7. The van der Waals surface area contributed by atoms with Gasteiger partial charge in [-0.15, -0.1) is 0 Å². The maximum Gasteiger partial charge on any atom is 0.346 e. The molecule has 9 heteroatoms. The van der Waals surface area contributed by atoms with Crippen LogP contribution in [0.5, 0.6) is 0 Å². The SMILES string of the molecule is O=C(OC(=O)c1ccc(S(=O)(=O)c2ccccc2)cc1)c1ccc(S(=O)(=O)c2ccccc2)cc1. The van der Waals surface area contributed by atoms with Gasteiger partial charge in [0.15, 0.2) is 0 Å². The van der Waals surface area contributed by atoms with Gasteiger partial charge in [-0.2, -0.15) is 0 Å². The van der Waals surface area contributed by atoms with Crippen molar-refractivity contribution < 1.29 is 31.2 Å². The average Bonchev–Trinajstić information content (AvgIpc) is 2.89. The summed E-state index contributed by atoms with van der Waals surface area (Å²) in [7, 11) is -7.50. The lowest BCUT2D eigenvalue weighted by Gasteiger charge is -2.07. The predicted molar refractivity (Wildman–Crippen MR) is 126 cm³/mol. The van der Waals surface area contributed by atoms with Crippen LogP contribution < -0.4 is 0 Å². The number of hydrogen-bond acceptors (Lipinski definition) is 7. The predicted octanol–water partition coefficient (Wildman–Crippen LogP) is 4.35. The molecule has 0 aliphatic carbocycles. The highest BCUT2D eigenvalue weighted by Crippen LogP contribution is 2.22. The largest absolute Gasteiger partial charge is 0.386 e. The lowest BCUT2D eigenvalue weighted by Crippen LogP contribution is -2.13. The van der Waals surface area contributed by atoms with Gasteiger partial charge in [0.25, 0.3) is 0 Å². The van der Waals surface area contributed by atoms with Crippen LogP contribution in [0.1, 0.15) is 20.7 Å². The summed E-state index contributed by atoms with van der Waals surface area (Å²) in [6.07, 6.45) is 0. The van der Waals surface area contributed by atoms with Crippen molar-refractivity contribution in [3.05, 3.63) is 120 Å². The van der Waals surface area contributed by atoms with Crippen LogP contribution in [-0.4, -0.2) is 28.8 Å². The van der Waals surface area contributed by atoms with E-state index in [9.17, 15) is 26.4 Å². The molecule has 7 nitrogen and oxygen atoms in total. The van der Waals surface area contributed by atoms with Gasteiger partial charge in [0.2, 0.25) is 19.7 Å². The Morgan fingerprint density at radius 3 is 1.03 bits per heavy atom. The summed E-state index contributed by atoms with van der Waals surface area (Å²) in [5, 5.41) is 0. The number of carbonyl (C=O) groups is 2. The minimum absolute atomic E-state index is 0.0122. The van der Waals surface area contributed by atoms with Crippen molar-refractivity contribution in [2.75, 3.05) is 0 Å². The Bertz CT molecular complexity index is 1450. The first kappa shape index (κ1) is 24.1. The van der Waals surface area contributed by atoms with Gasteiger partial charge in [0, 0.05) is 0 Å². The zero-order chi connectivity index (χ0) is 25.1. The van der Waals surface area contributed by atoms with Gasteiger partial charge in [0.05, 0.1) is 30.7 Å². The van der Waals surface area contributed by atoms with Crippen LogP contribution in [0.2, 0.25) is 0 Å². The average molecular weight is 507 g/mol. The highest BCUT2D eigenvalue weighted by Gasteiger charge is 2.21. The molecule has 0 unspecified atom stereocenters. The summed E-state index contributed by atoms with van der Waals surface area (Å²) in [5.41, 5.74) is -0.0396. The first-order valence-electron chi connectivity index (χ1n) is 10.3. The summed E-state index contributed by atoms with van der Waals surface area (Å²) in [6.45, 7) is 0. The number of hydrogen-bond donors (Lipinski definition) is 0. The third-order valence-electron chi connectivity index (χ3n) is 5.09. The molecule has 0 fully saturated rings. The minimum atomic E-state index is -3.75. The molecule has 4 aromatic carbocycles.